The molecule has 0 saturated heterocycles. The lowest BCUT2D eigenvalue weighted by molar-refractivity contribution is 0.287. The van der Waals surface area contributed by atoms with Gasteiger partial charge in [0.2, 0.25) is 0 Å². The largest absolute Gasteiger partial charge is 0.493 e. The second kappa shape index (κ2) is 12.7. The molecule has 1 aromatic heterocycles. The molecule has 0 saturated carbocycles. The van der Waals surface area contributed by atoms with Crippen molar-refractivity contribution in [2.45, 2.75) is 54.1 Å². The van der Waals surface area contributed by atoms with Crippen molar-refractivity contribution in [2.75, 3.05) is 13.2 Å². The minimum atomic E-state index is 0. The molecule has 0 aliphatic rings. The minimum Gasteiger partial charge on any atom is -0.493 e. The molecule has 0 unspecified atom stereocenters. The van der Waals surface area contributed by atoms with Gasteiger partial charge in [0.15, 0.2) is 11.8 Å². The zero-order chi connectivity index (χ0) is 20.5. The van der Waals surface area contributed by atoms with Crippen LogP contribution in [-0.4, -0.2) is 33.9 Å². The third-order valence-electron chi connectivity index (χ3n) is 4.52. The maximum atomic E-state index is 6.04. The summed E-state index contributed by atoms with van der Waals surface area (Å²) in [5.41, 5.74) is 2.27. The maximum absolute atomic E-state index is 6.04. The summed E-state index contributed by atoms with van der Waals surface area (Å²) in [6.07, 6.45) is 1.04. The summed E-state index contributed by atoms with van der Waals surface area (Å²) in [4.78, 5) is 4.73. The molecule has 0 aliphatic carbocycles. The molecule has 2 aromatic rings. The van der Waals surface area contributed by atoms with Gasteiger partial charge in [0, 0.05) is 19.2 Å². The van der Waals surface area contributed by atoms with Crippen LogP contribution in [0.5, 0.6) is 5.75 Å². The highest BCUT2D eigenvalue weighted by Gasteiger charge is 2.08. The van der Waals surface area contributed by atoms with Crippen LogP contribution in [0.1, 0.15) is 50.0 Å². The number of aryl methyl sites for hydroxylation is 2. The predicted octanol–water partition coefficient (Wildman–Crippen LogP) is 3.73. The molecule has 7 nitrogen and oxygen atoms in total. The van der Waals surface area contributed by atoms with Gasteiger partial charge in [-0.2, -0.15) is 0 Å². The number of ether oxygens (including phenoxy) is 1. The molecule has 0 atom stereocenters. The first-order valence-corrected chi connectivity index (χ1v) is 10.00. The minimum absolute atomic E-state index is 0. The van der Waals surface area contributed by atoms with Crippen LogP contribution < -0.4 is 15.4 Å². The van der Waals surface area contributed by atoms with E-state index in [9.17, 15) is 0 Å². The molecule has 0 fully saturated rings. The van der Waals surface area contributed by atoms with Crippen LogP contribution in [0.3, 0.4) is 0 Å². The van der Waals surface area contributed by atoms with E-state index < -0.39 is 0 Å². The molecule has 29 heavy (non-hydrogen) atoms. The number of aliphatic imine (C=N–C) groups is 1. The Labute approximate surface area is 191 Å². The van der Waals surface area contributed by atoms with Crippen molar-refractivity contribution >= 4 is 29.9 Å². The number of aromatic nitrogens is 3. The number of halogens is 1. The van der Waals surface area contributed by atoms with Gasteiger partial charge >= 0.3 is 0 Å². The Hall–Kier alpha value is -1.84. The van der Waals surface area contributed by atoms with Crippen molar-refractivity contribution < 1.29 is 4.74 Å². The summed E-state index contributed by atoms with van der Waals surface area (Å²) in [5, 5.41) is 14.9. The third kappa shape index (κ3) is 8.20. The van der Waals surface area contributed by atoms with Gasteiger partial charge in [0.05, 0.1) is 19.7 Å². The summed E-state index contributed by atoms with van der Waals surface area (Å²) in [7, 11) is 1.96. The second-order valence-electron chi connectivity index (χ2n) is 7.41. The van der Waals surface area contributed by atoms with Gasteiger partial charge in [-0.25, -0.2) is 4.99 Å². The van der Waals surface area contributed by atoms with Crippen LogP contribution in [-0.2, 0) is 20.1 Å². The van der Waals surface area contributed by atoms with Gasteiger partial charge in [0.25, 0.3) is 0 Å². The van der Waals surface area contributed by atoms with Crippen LogP contribution in [0, 0.1) is 19.8 Å². The van der Waals surface area contributed by atoms with E-state index in [-0.39, 0.29) is 24.0 Å². The fourth-order valence-electron chi connectivity index (χ4n) is 2.61. The van der Waals surface area contributed by atoms with Gasteiger partial charge in [-0.3, -0.25) is 0 Å². The molecular formula is C21H35IN6O. The van der Waals surface area contributed by atoms with E-state index in [1.165, 1.54) is 5.56 Å². The zero-order valence-corrected chi connectivity index (χ0v) is 20.8. The Morgan fingerprint density at radius 3 is 2.59 bits per heavy atom. The Morgan fingerprint density at radius 2 is 1.97 bits per heavy atom. The number of hydrogen-bond acceptors (Lipinski definition) is 4. The smallest absolute Gasteiger partial charge is 0.191 e. The molecule has 2 rings (SSSR count). The highest BCUT2D eigenvalue weighted by Crippen LogP contribution is 2.22. The van der Waals surface area contributed by atoms with E-state index in [1.54, 1.807) is 0 Å². The Balaban J connectivity index is 0.00000420. The van der Waals surface area contributed by atoms with Gasteiger partial charge in [-0.15, -0.1) is 34.2 Å². The summed E-state index contributed by atoms with van der Waals surface area (Å²) in [6, 6.07) is 6.29. The van der Waals surface area contributed by atoms with Crippen molar-refractivity contribution in [3.8, 4) is 5.75 Å². The summed E-state index contributed by atoms with van der Waals surface area (Å²) < 4.78 is 8.01. The monoisotopic (exact) mass is 514 g/mol. The molecule has 2 N–H and O–H groups in total. The third-order valence-corrected chi connectivity index (χ3v) is 4.52. The molecule has 162 valence electrons. The molecule has 0 amide bonds. The average molecular weight is 514 g/mol. The normalized spacial score (nSPS) is 11.3. The van der Waals surface area contributed by atoms with Crippen molar-refractivity contribution in [3.05, 3.63) is 41.0 Å². The number of hydrogen-bond donors (Lipinski definition) is 2. The van der Waals surface area contributed by atoms with Crippen LogP contribution in [0.2, 0.25) is 0 Å². The van der Waals surface area contributed by atoms with E-state index in [1.807, 2.05) is 18.5 Å². The van der Waals surface area contributed by atoms with Crippen LogP contribution in [0.4, 0.5) is 0 Å². The highest BCUT2D eigenvalue weighted by molar-refractivity contribution is 14.0. The SMILES string of the molecule is CCNC(=NCc1ccc(C)cc1OCCC(C)C)NCc1nnc(C)n1C.I. The lowest BCUT2D eigenvalue weighted by Gasteiger charge is -2.14. The number of rotatable bonds is 9. The van der Waals surface area contributed by atoms with Crippen LogP contribution >= 0.6 is 24.0 Å². The standard InChI is InChI=1S/C21H34N6O.HI/c1-7-22-21(24-14-20-26-25-17(5)27(20)6)23-13-18-9-8-16(4)12-19(18)28-11-10-15(2)3;/h8-9,12,15H,7,10-11,13-14H2,1-6H3,(H2,22,23,24);1H. The van der Waals surface area contributed by atoms with Crippen LogP contribution in [0.15, 0.2) is 23.2 Å². The van der Waals surface area contributed by atoms with Crippen LogP contribution in [0.25, 0.3) is 0 Å². The summed E-state index contributed by atoms with van der Waals surface area (Å²) in [6.45, 7) is 13.1. The molecule has 0 aliphatic heterocycles. The van der Waals surface area contributed by atoms with E-state index >= 15 is 0 Å². The quantitative estimate of drug-likeness (QED) is 0.303. The van der Waals surface area contributed by atoms with E-state index in [0.29, 0.717) is 19.0 Å². The molecule has 0 bridgehead atoms. The topological polar surface area (TPSA) is 76.4 Å². The Bertz CT molecular complexity index is 787. The molecule has 1 heterocycles. The first-order valence-electron chi connectivity index (χ1n) is 10.00. The fraction of sp³-hybridized carbons (Fsp3) is 0.571. The average Bonchev–Trinajstić information content (AvgIpc) is 2.97. The summed E-state index contributed by atoms with van der Waals surface area (Å²) >= 11 is 0. The predicted molar refractivity (Wildman–Crippen MR) is 129 cm³/mol. The molecular weight excluding hydrogens is 479 g/mol. The molecule has 0 spiro atoms. The second-order valence-corrected chi connectivity index (χ2v) is 7.41. The van der Waals surface area contributed by atoms with Gasteiger partial charge < -0.3 is 19.9 Å². The number of guanidine groups is 1. The molecule has 1 aromatic carbocycles. The summed E-state index contributed by atoms with van der Waals surface area (Å²) in [5.74, 6) is 4.05. The van der Waals surface area contributed by atoms with E-state index in [2.05, 4.69) is 66.7 Å². The van der Waals surface area contributed by atoms with Gasteiger partial charge in [-0.1, -0.05) is 26.0 Å². The van der Waals surface area contributed by atoms with Gasteiger partial charge in [-0.05, 0) is 44.7 Å². The molecule has 8 heteroatoms. The van der Waals surface area contributed by atoms with E-state index in [4.69, 9.17) is 9.73 Å². The van der Waals surface area contributed by atoms with Crippen molar-refractivity contribution in [1.29, 1.82) is 0 Å². The van der Waals surface area contributed by atoms with E-state index in [0.717, 1.165) is 48.5 Å². The number of nitrogens with zero attached hydrogens (tertiary/aromatic N) is 4. The Kier molecular flexibility index (Phi) is 11.0. The fourth-order valence-corrected chi connectivity index (χ4v) is 2.61. The van der Waals surface area contributed by atoms with Gasteiger partial charge in [0.1, 0.15) is 11.6 Å². The maximum Gasteiger partial charge on any atom is 0.191 e. The number of benzene rings is 1. The Morgan fingerprint density at radius 1 is 1.21 bits per heavy atom. The highest BCUT2D eigenvalue weighted by atomic mass is 127. The van der Waals surface area contributed by atoms with Crippen molar-refractivity contribution in [1.82, 2.24) is 25.4 Å². The lowest BCUT2D eigenvalue weighted by atomic mass is 10.1. The molecule has 0 radical (unpaired) electrons. The first kappa shape index (κ1) is 25.2. The zero-order valence-electron chi connectivity index (χ0n) is 18.5. The number of nitrogens with one attached hydrogen (secondary N) is 2. The first-order chi connectivity index (χ1) is 13.4. The lowest BCUT2D eigenvalue weighted by Crippen LogP contribution is -2.37. The van der Waals surface area contributed by atoms with Crippen molar-refractivity contribution in [3.63, 3.8) is 0 Å². The van der Waals surface area contributed by atoms with Crippen molar-refractivity contribution in [2.24, 2.45) is 18.0 Å².